The Bertz CT molecular complexity index is 382. The minimum Gasteiger partial charge on any atom is -0.405 e. The van der Waals surface area contributed by atoms with Gasteiger partial charge in [0.2, 0.25) is 0 Å². The van der Waals surface area contributed by atoms with Crippen molar-refractivity contribution in [2.75, 3.05) is 5.73 Å². The Balaban J connectivity index is 3.25. The summed E-state index contributed by atoms with van der Waals surface area (Å²) in [5, 5.41) is 8.86. The molecule has 5 nitrogen and oxygen atoms in total. The van der Waals surface area contributed by atoms with E-state index in [1.165, 1.54) is 0 Å². The summed E-state index contributed by atoms with van der Waals surface area (Å²) >= 11 is 0. The summed E-state index contributed by atoms with van der Waals surface area (Å²) in [6.07, 6.45) is -3.86. The maximum absolute atomic E-state index is 12.1. The minimum absolute atomic E-state index is 0.0797. The molecule has 5 N–H and O–H groups in total. The van der Waals surface area contributed by atoms with E-state index >= 15 is 0 Å². The van der Waals surface area contributed by atoms with Crippen LogP contribution in [0.25, 0.3) is 0 Å². The van der Waals surface area contributed by atoms with Gasteiger partial charge in [0.05, 0.1) is 12.2 Å². The molecule has 0 spiro atoms. The maximum Gasteiger partial charge on any atom is 0.573 e. The smallest absolute Gasteiger partial charge is 0.405 e. The molecule has 1 heterocycles. The fourth-order valence-corrected chi connectivity index (χ4v) is 1.15. The van der Waals surface area contributed by atoms with Gasteiger partial charge in [-0.1, -0.05) is 0 Å². The molecule has 0 atom stereocenters. The van der Waals surface area contributed by atoms with Gasteiger partial charge in [-0.3, -0.25) is 0 Å². The fraction of sp³-hybridized carbons (Fsp3) is 0.375. The van der Waals surface area contributed by atoms with Crippen molar-refractivity contribution in [1.29, 1.82) is 0 Å². The lowest BCUT2D eigenvalue weighted by Gasteiger charge is -2.16. The zero-order valence-corrected chi connectivity index (χ0v) is 8.08. The van der Waals surface area contributed by atoms with Gasteiger partial charge in [0.1, 0.15) is 11.6 Å². The number of aliphatic hydroxyl groups is 1. The van der Waals surface area contributed by atoms with Gasteiger partial charge in [0.15, 0.2) is 0 Å². The van der Waals surface area contributed by atoms with Gasteiger partial charge in [-0.2, -0.15) is 0 Å². The van der Waals surface area contributed by atoms with E-state index in [1.807, 2.05) is 0 Å². The number of rotatable bonds is 3. The Morgan fingerprint density at radius 2 is 2.06 bits per heavy atom. The number of anilines is 1. The van der Waals surface area contributed by atoms with Crippen LogP contribution in [-0.4, -0.2) is 16.5 Å². The first-order chi connectivity index (χ1) is 7.39. The molecule has 1 rings (SSSR count). The second-order valence-electron chi connectivity index (χ2n) is 2.89. The molecule has 0 aliphatic heterocycles. The largest absolute Gasteiger partial charge is 0.573 e. The van der Waals surface area contributed by atoms with Crippen LogP contribution in [0.5, 0.6) is 5.75 Å². The summed E-state index contributed by atoms with van der Waals surface area (Å²) in [6.45, 7) is -0.913. The Morgan fingerprint density at radius 1 is 1.44 bits per heavy atom. The summed E-state index contributed by atoms with van der Waals surface area (Å²) in [7, 11) is 0. The zero-order chi connectivity index (χ0) is 12.3. The van der Waals surface area contributed by atoms with Crippen molar-refractivity contribution in [1.82, 2.24) is 4.98 Å². The van der Waals surface area contributed by atoms with Gasteiger partial charge in [-0.25, -0.2) is 4.98 Å². The van der Waals surface area contributed by atoms with Crippen molar-refractivity contribution < 1.29 is 23.0 Å². The van der Waals surface area contributed by atoms with Crippen molar-refractivity contribution in [2.45, 2.75) is 19.5 Å². The molecule has 0 unspecified atom stereocenters. The first kappa shape index (κ1) is 12.5. The van der Waals surface area contributed by atoms with Crippen molar-refractivity contribution in [3.63, 3.8) is 0 Å². The van der Waals surface area contributed by atoms with E-state index in [0.29, 0.717) is 0 Å². The van der Waals surface area contributed by atoms with Crippen LogP contribution < -0.4 is 16.2 Å². The summed E-state index contributed by atoms with van der Waals surface area (Å²) in [5.74, 6) is -0.732. The molecular formula is C8H10F3N3O2. The van der Waals surface area contributed by atoms with Crippen LogP contribution >= 0.6 is 0 Å². The first-order valence-corrected chi connectivity index (χ1v) is 4.22. The Hall–Kier alpha value is -1.54. The highest BCUT2D eigenvalue weighted by molar-refractivity contribution is 5.52. The quantitative estimate of drug-likeness (QED) is 0.712. The Labute approximate surface area is 88.8 Å². The molecule has 0 radical (unpaired) electrons. The number of halogens is 3. The van der Waals surface area contributed by atoms with Crippen molar-refractivity contribution in [2.24, 2.45) is 5.73 Å². The first-order valence-electron chi connectivity index (χ1n) is 4.22. The lowest BCUT2D eigenvalue weighted by molar-refractivity contribution is -0.275. The van der Waals surface area contributed by atoms with Gasteiger partial charge in [0, 0.05) is 18.3 Å². The normalized spacial score (nSPS) is 11.6. The molecule has 0 aliphatic rings. The predicted molar refractivity (Wildman–Crippen MR) is 49.1 cm³/mol. The highest BCUT2D eigenvalue weighted by atomic mass is 19.4. The monoisotopic (exact) mass is 237 g/mol. The molecule has 0 saturated carbocycles. The number of alkyl halides is 3. The molecule has 0 amide bonds. The summed E-state index contributed by atoms with van der Waals surface area (Å²) in [6, 6.07) is 0. The Morgan fingerprint density at radius 3 is 2.50 bits per heavy atom. The van der Waals surface area contributed by atoms with Crippen LogP contribution in [-0.2, 0) is 13.2 Å². The molecule has 90 valence electrons. The lowest BCUT2D eigenvalue weighted by atomic mass is 10.1. The van der Waals surface area contributed by atoms with Crippen molar-refractivity contribution >= 4 is 5.82 Å². The number of nitrogens with two attached hydrogens (primary N) is 2. The highest BCUT2D eigenvalue weighted by Gasteiger charge is 2.33. The van der Waals surface area contributed by atoms with Gasteiger partial charge in [0.25, 0.3) is 0 Å². The summed E-state index contributed by atoms with van der Waals surface area (Å²) in [4.78, 5) is 3.60. The van der Waals surface area contributed by atoms with E-state index in [4.69, 9.17) is 16.6 Å². The number of aromatic nitrogens is 1. The fourth-order valence-electron chi connectivity index (χ4n) is 1.15. The predicted octanol–water partition coefficient (Wildman–Crippen LogP) is 0.513. The minimum atomic E-state index is -4.87. The standard InChI is InChI=1S/C8H10F3N3O2/c9-8(10,11)16-6-4(3-15)2-14-7(13)5(6)1-12/h2,15H,1,3,12H2,(H2,13,14). The third-order valence-corrected chi connectivity index (χ3v) is 1.83. The molecule has 0 fully saturated rings. The van der Waals surface area contributed by atoms with Crippen LogP contribution in [0.3, 0.4) is 0 Å². The van der Waals surface area contributed by atoms with Crippen LogP contribution in [0.2, 0.25) is 0 Å². The number of aliphatic hydroxyl groups excluding tert-OH is 1. The molecule has 8 heteroatoms. The van der Waals surface area contributed by atoms with Gasteiger partial charge in [-0.05, 0) is 0 Å². The highest BCUT2D eigenvalue weighted by Crippen LogP contribution is 2.32. The molecule has 0 aliphatic carbocycles. The van der Waals surface area contributed by atoms with E-state index < -0.39 is 18.7 Å². The maximum atomic E-state index is 12.1. The summed E-state index contributed by atoms with van der Waals surface area (Å²) in [5.41, 5.74) is 10.4. The SMILES string of the molecule is NCc1c(N)ncc(CO)c1OC(F)(F)F. The van der Waals surface area contributed by atoms with Crippen LogP contribution in [0.4, 0.5) is 19.0 Å². The third-order valence-electron chi connectivity index (χ3n) is 1.83. The number of hydrogen-bond acceptors (Lipinski definition) is 5. The van der Waals surface area contributed by atoms with E-state index in [-0.39, 0.29) is 23.5 Å². The van der Waals surface area contributed by atoms with Crippen LogP contribution in [0.15, 0.2) is 6.20 Å². The van der Waals surface area contributed by atoms with Gasteiger partial charge >= 0.3 is 6.36 Å². The molecule has 1 aromatic rings. The number of pyridine rings is 1. The lowest BCUT2D eigenvalue weighted by Crippen LogP contribution is -2.21. The number of nitrogens with zero attached hydrogens (tertiary/aromatic N) is 1. The third kappa shape index (κ3) is 2.74. The van der Waals surface area contributed by atoms with E-state index in [0.717, 1.165) is 6.20 Å². The van der Waals surface area contributed by atoms with E-state index in [2.05, 4.69) is 9.72 Å². The second-order valence-corrected chi connectivity index (χ2v) is 2.89. The van der Waals surface area contributed by atoms with Crippen LogP contribution in [0.1, 0.15) is 11.1 Å². The molecule has 0 bridgehead atoms. The van der Waals surface area contributed by atoms with E-state index in [9.17, 15) is 13.2 Å². The summed E-state index contributed by atoms with van der Waals surface area (Å²) < 4.78 is 40.1. The van der Waals surface area contributed by atoms with Gasteiger partial charge < -0.3 is 21.3 Å². The Kier molecular flexibility index (Phi) is 3.55. The molecule has 0 aromatic carbocycles. The van der Waals surface area contributed by atoms with Crippen molar-refractivity contribution in [3.8, 4) is 5.75 Å². The number of ether oxygens (including phenoxy) is 1. The second kappa shape index (κ2) is 4.54. The van der Waals surface area contributed by atoms with Gasteiger partial charge in [-0.15, -0.1) is 13.2 Å². The zero-order valence-electron chi connectivity index (χ0n) is 8.08. The van der Waals surface area contributed by atoms with Crippen LogP contribution in [0, 0.1) is 0 Å². The molecular weight excluding hydrogens is 227 g/mol. The molecule has 16 heavy (non-hydrogen) atoms. The topological polar surface area (TPSA) is 94.4 Å². The number of nitrogen functional groups attached to an aromatic ring is 1. The molecule has 0 saturated heterocycles. The van der Waals surface area contributed by atoms with E-state index in [1.54, 1.807) is 0 Å². The van der Waals surface area contributed by atoms with Crippen molar-refractivity contribution in [3.05, 3.63) is 17.3 Å². The molecule has 1 aromatic heterocycles. The average molecular weight is 237 g/mol. The number of hydrogen-bond donors (Lipinski definition) is 3. The average Bonchev–Trinajstić information content (AvgIpc) is 2.16.